The average molecular weight is 287 g/mol. The summed E-state index contributed by atoms with van der Waals surface area (Å²) >= 11 is 0. The number of imidazole rings is 1. The van der Waals surface area contributed by atoms with Gasteiger partial charge in [0.05, 0.1) is 11.0 Å². The smallest absolute Gasteiger partial charge is 0.109 e. The van der Waals surface area contributed by atoms with Gasteiger partial charge in [0.2, 0.25) is 0 Å². The van der Waals surface area contributed by atoms with Crippen LogP contribution in [0.15, 0.2) is 18.2 Å². The van der Waals surface area contributed by atoms with Crippen LogP contribution >= 0.6 is 0 Å². The lowest BCUT2D eigenvalue weighted by atomic mass is 10.1. The van der Waals surface area contributed by atoms with Crippen LogP contribution in [-0.2, 0) is 20.0 Å². The van der Waals surface area contributed by atoms with Crippen molar-refractivity contribution in [1.82, 2.24) is 9.55 Å². The van der Waals surface area contributed by atoms with E-state index in [1.165, 1.54) is 56.3 Å². The highest BCUT2D eigenvalue weighted by Gasteiger charge is 2.07. The molecule has 116 valence electrons. The van der Waals surface area contributed by atoms with E-state index in [0.717, 1.165) is 17.5 Å². The van der Waals surface area contributed by atoms with Crippen molar-refractivity contribution in [3.05, 3.63) is 29.6 Å². The quantitative estimate of drug-likeness (QED) is 0.698. The van der Waals surface area contributed by atoms with Gasteiger partial charge in [-0.1, -0.05) is 51.5 Å². The molecule has 2 N–H and O–H groups in total. The molecule has 2 rings (SSSR count). The minimum Gasteiger partial charge on any atom is -0.331 e. The van der Waals surface area contributed by atoms with Crippen molar-refractivity contribution in [2.45, 2.75) is 64.8 Å². The summed E-state index contributed by atoms with van der Waals surface area (Å²) in [5.41, 5.74) is 9.15. The molecule has 0 fully saturated rings. The van der Waals surface area contributed by atoms with E-state index in [9.17, 15) is 0 Å². The third-order valence-corrected chi connectivity index (χ3v) is 4.28. The SMILES string of the molecule is CCCCCCCCCc1nc2cc(CN)ccc2n1C. The normalized spacial score (nSPS) is 11.4. The van der Waals surface area contributed by atoms with Crippen molar-refractivity contribution in [2.75, 3.05) is 0 Å². The predicted octanol–water partition coefficient (Wildman–Crippen LogP) is 4.33. The average Bonchev–Trinajstić information content (AvgIpc) is 2.82. The van der Waals surface area contributed by atoms with Crippen LogP contribution in [0.1, 0.15) is 63.3 Å². The number of nitrogens with zero attached hydrogens (tertiary/aromatic N) is 2. The number of hydrogen-bond donors (Lipinski definition) is 1. The first-order chi connectivity index (χ1) is 10.3. The first kappa shape index (κ1) is 16.0. The van der Waals surface area contributed by atoms with Crippen molar-refractivity contribution in [3.63, 3.8) is 0 Å². The zero-order valence-corrected chi connectivity index (χ0v) is 13.6. The van der Waals surface area contributed by atoms with Crippen LogP contribution in [0.4, 0.5) is 0 Å². The van der Waals surface area contributed by atoms with E-state index in [-0.39, 0.29) is 0 Å². The second-order valence-corrected chi connectivity index (χ2v) is 5.99. The molecule has 0 spiro atoms. The maximum absolute atomic E-state index is 5.70. The lowest BCUT2D eigenvalue weighted by Crippen LogP contribution is -1.98. The Balaban J connectivity index is 1.86. The Kier molecular flexibility index (Phi) is 6.24. The Labute approximate surface area is 128 Å². The van der Waals surface area contributed by atoms with Gasteiger partial charge in [-0.3, -0.25) is 0 Å². The fourth-order valence-corrected chi connectivity index (χ4v) is 2.89. The van der Waals surface area contributed by atoms with Crippen molar-refractivity contribution >= 4 is 11.0 Å². The molecule has 0 atom stereocenters. The fraction of sp³-hybridized carbons (Fsp3) is 0.611. The predicted molar refractivity (Wildman–Crippen MR) is 90.3 cm³/mol. The summed E-state index contributed by atoms with van der Waals surface area (Å²) in [5.74, 6) is 1.20. The summed E-state index contributed by atoms with van der Waals surface area (Å²) in [6, 6.07) is 6.35. The maximum atomic E-state index is 5.70. The standard InChI is InChI=1S/C18H29N3/c1-3-4-5-6-7-8-9-10-18-20-16-13-15(14-19)11-12-17(16)21(18)2/h11-13H,3-10,14,19H2,1-2H3. The van der Waals surface area contributed by atoms with E-state index in [0.29, 0.717) is 6.54 Å². The zero-order valence-electron chi connectivity index (χ0n) is 13.6. The molecule has 0 saturated carbocycles. The molecule has 1 aromatic heterocycles. The second kappa shape index (κ2) is 8.18. The van der Waals surface area contributed by atoms with Gasteiger partial charge in [-0.15, -0.1) is 0 Å². The molecule has 0 aliphatic carbocycles. The van der Waals surface area contributed by atoms with Crippen LogP contribution in [0.5, 0.6) is 0 Å². The third kappa shape index (κ3) is 4.31. The summed E-state index contributed by atoms with van der Waals surface area (Å²) in [5, 5.41) is 0. The summed E-state index contributed by atoms with van der Waals surface area (Å²) in [7, 11) is 2.12. The van der Waals surface area contributed by atoms with Crippen LogP contribution in [0.3, 0.4) is 0 Å². The molecule has 3 nitrogen and oxygen atoms in total. The van der Waals surface area contributed by atoms with Crippen LogP contribution in [0.25, 0.3) is 11.0 Å². The highest BCUT2D eigenvalue weighted by Crippen LogP contribution is 2.18. The Morgan fingerprint density at radius 3 is 2.48 bits per heavy atom. The molecule has 1 heterocycles. The first-order valence-electron chi connectivity index (χ1n) is 8.40. The van der Waals surface area contributed by atoms with E-state index in [4.69, 9.17) is 10.7 Å². The van der Waals surface area contributed by atoms with Crippen LogP contribution in [0.2, 0.25) is 0 Å². The Morgan fingerprint density at radius 1 is 1.05 bits per heavy atom. The Bertz CT molecular complexity index is 557. The third-order valence-electron chi connectivity index (χ3n) is 4.28. The molecule has 0 amide bonds. The van der Waals surface area contributed by atoms with E-state index in [1.807, 2.05) is 0 Å². The Hall–Kier alpha value is -1.35. The summed E-state index contributed by atoms with van der Waals surface area (Å²) < 4.78 is 2.23. The number of rotatable bonds is 9. The van der Waals surface area contributed by atoms with E-state index in [1.54, 1.807) is 0 Å². The number of aromatic nitrogens is 2. The lowest BCUT2D eigenvalue weighted by Gasteiger charge is -2.03. The highest BCUT2D eigenvalue weighted by atomic mass is 15.1. The van der Waals surface area contributed by atoms with E-state index in [2.05, 4.69) is 36.7 Å². The summed E-state index contributed by atoms with van der Waals surface area (Å²) in [4.78, 5) is 4.78. The maximum Gasteiger partial charge on any atom is 0.109 e. The monoisotopic (exact) mass is 287 g/mol. The first-order valence-corrected chi connectivity index (χ1v) is 8.40. The molecule has 0 bridgehead atoms. The van der Waals surface area contributed by atoms with Crippen LogP contribution in [-0.4, -0.2) is 9.55 Å². The topological polar surface area (TPSA) is 43.8 Å². The van der Waals surface area contributed by atoms with Gasteiger partial charge in [-0.2, -0.15) is 0 Å². The van der Waals surface area contributed by atoms with Gasteiger partial charge in [0, 0.05) is 20.0 Å². The van der Waals surface area contributed by atoms with Crippen LogP contribution < -0.4 is 5.73 Å². The summed E-state index contributed by atoms with van der Waals surface area (Å²) in [6.07, 6.45) is 10.5. The van der Waals surface area contributed by atoms with Crippen molar-refractivity contribution in [1.29, 1.82) is 0 Å². The van der Waals surface area contributed by atoms with E-state index < -0.39 is 0 Å². The second-order valence-electron chi connectivity index (χ2n) is 5.99. The van der Waals surface area contributed by atoms with Crippen molar-refractivity contribution in [3.8, 4) is 0 Å². The van der Waals surface area contributed by atoms with Gasteiger partial charge in [0.1, 0.15) is 5.82 Å². The van der Waals surface area contributed by atoms with Gasteiger partial charge < -0.3 is 10.3 Å². The number of hydrogen-bond acceptors (Lipinski definition) is 2. The number of fused-ring (bicyclic) bond motifs is 1. The summed E-state index contributed by atoms with van der Waals surface area (Å²) in [6.45, 7) is 2.85. The molecule has 1 aromatic carbocycles. The van der Waals surface area contributed by atoms with Crippen molar-refractivity contribution in [2.24, 2.45) is 12.8 Å². The highest BCUT2D eigenvalue weighted by molar-refractivity contribution is 5.76. The number of aryl methyl sites for hydroxylation is 2. The number of unbranched alkanes of at least 4 members (excludes halogenated alkanes) is 6. The van der Waals surface area contributed by atoms with Gasteiger partial charge in [0.25, 0.3) is 0 Å². The molecule has 0 saturated heterocycles. The largest absolute Gasteiger partial charge is 0.331 e. The molecule has 0 aliphatic rings. The molecular weight excluding hydrogens is 258 g/mol. The number of nitrogens with two attached hydrogens (primary N) is 1. The molecule has 0 radical (unpaired) electrons. The van der Waals surface area contributed by atoms with Gasteiger partial charge in [-0.25, -0.2) is 4.98 Å². The van der Waals surface area contributed by atoms with Crippen LogP contribution in [0, 0.1) is 0 Å². The molecular formula is C18H29N3. The van der Waals surface area contributed by atoms with Crippen molar-refractivity contribution < 1.29 is 0 Å². The van der Waals surface area contributed by atoms with Gasteiger partial charge >= 0.3 is 0 Å². The minimum absolute atomic E-state index is 0.583. The van der Waals surface area contributed by atoms with Gasteiger partial charge in [-0.05, 0) is 24.1 Å². The molecule has 0 aliphatic heterocycles. The zero-order chi connectivity index (χ0) is 15.1. The molecule has 2 aromatic rings. The molecule has 21 heavy (non-hydrogen) atoms. The number of benzene rings is 1. The minimum atomic E-state index is 0.583. The lowest BCUT2D eigenvalue weighted by molar-refractivity contribution is 0.581. The fourth-order valence-electron chi connectivity index (χ4n) is 2.89. The van der Waals surface area contributed by atoms with E-state index >= 15 is 0 Å². The molecule has 3 heteroatoms. The Morgan fingerprint density at radius 2 is 1.76 bits per heavy atom. The van der Waals surface area contributed by atoms with Gasteiger partial charge in [0.15, 0.2) is 0 Å². The molecule has 0 unspecified atom stereocenters.